The van der Waals surface area contributed by atoms with Gasteiger partial charge in [-0.2, -0.15) is 0 Å². The molecule has 3 nitrogen and oxygen atoms in total. The van der Waals surface area contributed by atoms with E-state index in [1.54, 1.807) is 5.38 Å². The summed E-state index contributed by atoms with van der Waals surface area (Å²) in [6.07, 6.45) is 0. The predicted molar refractivity (Wildman–Crippen MR) is 59.2 cm³/mol. The molecular weight excluding hydrogens is 208 g/mol. The highest BCUT2D eigenvalue weighted by atomic mass is 32.1. The summed E-state index contributed by atoms with van der Waals surface area (Å²) < 4.78 is 0. The van der Waals surface area contributed by atoms with Crippen LogP contribution in [0.15, 0.2) is 35.7 Å². The van der Waals surface area contributed by atoms with Crippen molar-refractivity contribution in [3.05, 3.63) is 48.5 Å². The molecule has 76 valence electrons. The molecule has 2 aromatic rings. The molecule has 1 heterocycles. The maximum absolute atomic E-state index is 11.3. The van der Waals surface area contributed by atoms with Crippen LogP contribution < -0.4 is 5.32 Å². The van der Waals surface area contributed by atoms with Gasteiger partial charge in [-0.1, -0.05) is 30.3 Å². The number of carbonyl (C=O) groups excluding carboxylic acids is 1. The highest BCUT2D eigenvalue weighted by molar-refractivity contribution is 7.13. The number of nitrogens with zero attached hydrogens (tertiary/aromatic N) is 1. The van der Waals surface area contributed by atoms with Crippen LogP contribution in [0.3, 0.4) is 0 Å². The van der Waals surface area contributed by atoms with E-state index in [1.807, 2.05) is 30.3 Å². The number of hydrogen-bond acceptors (Lipinski definition) is 3. The monoisotopic (exact) mass is 218 g/mol. The van der Waals surface area contributed by atoms with Crippen LogP contribution in [0, 0.1) is 7.05 Å². The van der Waals surface area contributed by atoms with Gasteiger partial charge in [0.25, 0.3) is 0 Å². The number of rotatable bonds is 2. The van der Waals surface area contributed by atoms with Crippen LogP contribution >= 0.6 is 11.3 Å². The first-order valence-corrected chi connectivity index (χ1v) is 5.37. The molecule has 0 radical (unpaired) electrons. The van der Waals surface area contributed by atoms with E-state index in [0.29, 0.717) is 5.69 Å². The summed E-state index contributed by atoms with van der Waals surface area (Å²) in [5.41, 5.74) is 1.50. The Morgan fingerprint density at radius 3 is 2.73 bits per heavy atom. The van der Waals surface area contributed by atoms with E-state index in [4.69, 9.17) is 0 Å². The number of quaternary nitrogens is 1. The van der Waals surface area contributed by atoms with Crippen LogP contribution in [0.25, 0.3) is 10.6 Å². The Bertz CT molecular complexity index is 464. The molecule has 0 spiro atoms. The third-order valence-corrected chi connectivity index (χ3v) is 2.85. The van der Waals surface area contributed by atoms with Crippen LogP contribution in [-0.2, 0) is 0 Å². The molecule has 0 aliphatic rings. The fourth-order valence-corrected chi connectivity index (χ4v) is 2.02. The molecule has 4 heteroatoms. The topological polar surface area (TPSA) is 46.6 Å². The van der Waals surface area contributed by atoms with Gasteiger partial charge in [-0.15, -0.1) is 18.4 Å². The van der Waals surface area contributed by atoms with Crippen LogP contribution in [0.2, 0.25) is 0 Å². The van der Waals surface area contributed by atoms with Crippen LogP contribution in [-0.4, -0.2) is 10.9 Å². The lowest BCUT2D eigenvalue weighted by atomic mass is 10.2. The number of carbonyl (C=O) groups is 1. The summed E-state index contributed by atoms with van der Waals surface area (Å²) in [5, 5.41) is 3.90. The molecule has 0 aliphatic heterocycles. The van der Waals surface area contributed by atoms with Gasteiger partial charge in [0, 0.05) is 10.9 Å². The molecule has 2 N–H and O–H groups in total. The number of benzene rings is 1. The first-order valence-electron chi connectivity index (χ1n) is 4.49. The van der Waals surface area contributed by atoms with Crippen molar-refractivity contribution in [2.75, 3.05) is 0 Å². The maximum atomic E-state index is 11.3. The second-order valence-corrected chi connectivity index (χ2v) is 3.83. The average molecular weight is 218 g/mol. The summed E-state index contributed by atoms with van der Waals surface area (Å²) >= 11 is 1.47. The van der Waals surface area contributed by atoms with Crippen molar-refractivity contribution in [3.63, 3.8) is 0 Å². The van der Waals surface area contributed by atoms with E-state index < -0.39 is 0 Å². The molecule has 0 atom stereocenters. The summed E-state index contributed by atoms with van der Waals surface area (Å²) in [7, 11) is 3.43. The lowest BCUT2D eigenvalue weighted by Crippen LogP contribution is -2.81. The smallest absolute Gasteiger partial charge is 0.336 e. The van der Waals surface area contributed by atoms with Crippen molar-refractivity contribution < 1.29 is 10.1 Å². The Labute approximate surface area is 91.8 Å². The van der Waals surface area contributed by atoms with Gasteiger partial charge in [0.05, 0.1) is 0 Å². The molecule has 0 aliphatic carbocycles. The van der Waals surface area contributed by atoms with Crippen molar-refractivity contribution in [2.24, 2.45) is 0 Å². The zero-order valence-corrected chi connectivity index (χ0v) is 8.83. The standard InChI is InChI=1S/C11H10N2OS/c1-12-10(14)9-7-15-11(13-9)8-5-3-2-4-6-8/h2-7H,1,12H2. The number of amides is 1. The van der Waals surface area contributed by atoms with Gasteiger partial charge < -0.3 is 5.32 Å². The number of hydrogen-bond donors (Lipinski definition) is 1. The molecule has 0 unspecified atom stereocenters. The van der Waals surface area contributed by atoms with E-state index in [2.05, 4.69) is 12.0 Å². The molecule has 15 heavy (non-hydrogen) atoms. The van der Waals surface area contributed by atoms with E-state index in [1.165, 1.54) is 16.7 Å². The van der Waals surface area contributed by atoms with Gasteiger partial charge in [-0.25, -0.2) is 9.78 Å². The number of primary amides is 1. The first kappa shape index (κ1) is 10.0. The third-order valence-electron chi connectivity index (χ3n) is 1.96. The minimum absolute atomic E-state index is 0.131. The van der Waals surface area contributed by atoms with E-state index in [9.17, 15) is 4.79 Å². The summed E-state index contributed by atoms with van der Waals surface area (Å²) in [4.78, 5) is 15.5. The molecule has 0 fully saturated rings. The van der Waals surface area contributed by atoms with E-state index >= 15 is 0 Å². The molecule has 0 saturated carbocycles. The van der Waals surface area contributed by atoms with Crippen LogP contribution in [0.5, 0.6) is 0 Å². The van der Waals surface area contributed by atoms with Gasteiger partial charge in [-0.3, -0.25) is 0 Å². The van der Waals surface area contributed by atoms with Crippen molar-refractivity contribution in [3.8, 4) is 10.6 Å². The highest BCUT2D eigenvalue weighted by Gasteiger charge is 2.11. The number of nitrogens with two attached hydrogens (primary N) is 1. The summed E-state index contributed by atoms with van der Waals surface area (Å²) in [6.45, 7) is 0. The SMILES string of the molecule is [CH2-][NH2+]C(=O)c1csc(-c2ccccc2)n1. The molecule has 0 saturated heterocycles. The van der Waals surface area contributed by atoms with Crippen LogP contribution in [0.4, 0.5) is 0 Å². The molecule has 1 amide bonds. The minimum atomic E-state index is -0.131. The Morgan fingerprint density at radius 1 is 1.33 bits per heavy atom. The number of aromatic nitrogens is 1. The lowest BCUT2D eigenvalue weighted by molar-refractivity contribution is -0.489. The molecule has 2 rings (SSSR count). The Balaban J connectivity index is 2.32. The summed E-state index contributed by atoms with van der Waals surface area (Å²) in [5.74, 6) is -0.131. The van der Waals surface area contributed by atoms with Gasteiger partial charge in [-0.05, 0) is 0 Å². The normalized spacial score (nSPS) is 10.2. The lowest BCUT2D eigenvalue weighted by Gasteiger charge is -1.94. The quantitative estimate of drug-likeness (QED) is 0.772. The Morgan fingerprint density at radius 2 is 2.07 bits per heavy atom. The van der Waals surface area contributed by atoms with Gasteiger partial charge in [0.2, 0.25) is 0 Å². The summed E-state index contributed by atoms with van der Waals surface area (Å²) in [6, 6.07) is 9.80. The molecule has 1 aromatic carbocycles. The fraction of sp³-hybridized carbons (Fsp3) is 0. The molecular formula is C11H10N2OS. The Hall–Kier alpha value is -1.52. The van der Waals surface area contributed by atoms with Crippen molar-refractivity contribution in [1.82, 2.24) is 4.98 Å². The van der Waals surface area contributed by atoms with Gasteiger partial charge >= 0.3 is 5.91 Å². The van der Waals surface area contributed by atoms with E-state index in [-0.39, 0.29) is 5.91 Å². The Kier molecular flexibility index (Phi) is 2.89. The van der Waals surface area contributed by atoms with Crippen LogP contribution in [0.1, 0.15) is 10.5 Å². The largest absolute Gasteiger partial charge is 0.409 e. The van der Waals surface area contributed by atoms with Crippen molar-refractivity contribution in [2.45, 2.75) is 0 Å². The minimum Gasteiger partial charge on any atom is -0.409 e. The number of thiazole rings is 1. The van der Waals surface area contributed by atoms with Gasteiger partial charge in [0.1, 0.15) is 5.01 Å². The highest BCUT2D eigenvalue weighted by Crippen LogP contribution is 2.22. The first-order chi connectivity index (χ1) is 7.31. The maximum Gasteiger partial charge on any atom is 0.336 e. The second-order valence-electron chi connectivity index (χ2n) is 2.97. The molecule has 1 aromatic heterocycles. The predicted octanol–water partition coefficient (Wildman–Crippen LogP) is 1.31. The fourth-order valence-electron chi connectivity index (χ4n) is 1.20. The van der Waals surface area contributed by atoms with Crippen molar-refractivity contribution >= 4 is 17.2 Å². The zero-order valence-electron chi connectivity index (χ0n) is 8.01. The van der Waals surface area contributed by atoms with Crippen molar-refractivity contribution in [1.29, 1.82) is 0 Å². The zero-order chi connectivity index (χ0) is 10.7. The molecule has 0 bridgehead atoms. The van der Waals surface area contributed by atoms with Gasteiger partial charge in [0.15, 0.2) is 5.69 Å². The average Bonchev–Trinajstić information content (AvgIpc) is 2.78. The third kappa shape index (κ3) is 2.11. The van der Waals surface area contributed by atoms with E-state index in [0.717, 1.165) is 10.6 Å². The second kappa shape index (κ2) is 4.33.